The summed E-state index contributed by atoms with van der Waals surface area (Å²) in [6, 6.07) is 4.15. The SMILES string of the molecule is C[C@H](NC(=O)Nc1ccc(Cl)cc1Cl)N1C(=O)[C@@H]2[C@H](C1=O)[C@H]1C=C[C@H]2CC1. The highest BCUT2D eigenvalue weighted by molar-refractivity contribution is 6.36. The number of amides is 4. The van der Waals surface area contributed by atoms with Gasteiger partial charge >= 0.3 is 6.03 Å². The average Bonchev–Trinajstić information content (AvgIpc) is 2.91. The van der Waals surface area contributed by atoms with Crippen LogP contribution in [0.15, 0.2) is 30.4 Å². The lowest BCUT2D eigenvalue weighted by Gasteiger charge is -2.38. The molecule has 1 aliphatic heterocycles. The van der Waals surface area contributed by atoms with E-state index in [4.69, 9.17) is 23.2 Å². The molecule has 0 unspecified atom stereocenters. The zero-order chi connectivity index (χ0) is 19.3. The molecular formula is C19H19Cl2N3O3. The van der Waals surface area contributed by atoms with Gasteiger partial charge in [0.1, 0.15) is 6.17 Å². The Labute approximate surface area is 166 Å². The van der Waals surface area contributed by atoms with Crippen molar-refractivity contribution in [1.29, 1.82) is 0 Å². The first kappa shape index (κ1) is 18.3. The first-order chi connectivity index (χ1) is 12.9. The number of nitrogens with zero attached hydrogens (tertiary/aromatic N) is 1. The summed E-state index contributed by atoms with van der Waals surface area (Å²) in [5, 5.41) is 6.02. The second-order valence-electron chi connectivity index (χ2n) is 7.29. The van der Waals surface area contributed by atoms with Crippen molar-refractivity contribution in [2.24, 2.45) is 23.7 Å². The number of carbonyl (C=O) groups is 3. The third-order valence-electron chi connectivity index (χ3n) is 5.70. The highest BCUT2D eigenvalue weighted by Gasteiger charge is 2.57. The number of hydrogen-bond acceptors (Lipinski definition) is 3. The molecular weight excluding hydrogens is 389 g/mol. The lowest BCUT2D eigenvalue weighted by atomic mass is 9.63. The van der Waals surface area contributed by atoms with E-state index in [1.807, 2.05) is 0 Å². The number of anilines is 1. The second-order valence-corrected chi connectivity index (χ2v) is 8.13. The summed E-state index contributed by atoms with van der Waals surface area (Å²) >= 11 is 11.9. The second kappa shape index (κ2) is 6.84. The lowest BCUT2D eigenvalue weighted by molar-refractivity contribution is -0.142. The zero-order valence-corrected chi connectivity index (χ0v) is 16.1. The molecule has 1 saturated carbocycles. The molecule has 2 fully saturated rings. The summed E-state index contributed by atoms with van der Waals surface area (Å²) in [6.45, 7) is 1.63. The maximum absolute atomic E-state index is 12.9. The Morgan fingerprint density at radius 3 is 2.22 bits per heavy atom. The van der Waals surface area contributed by atoms with Crippen molar-refractivity contribution < 1.29 is 14.4 Å². The van der Waals surface area contributed by atoms with E-state index in [1.165, 1.54) is 11.0 Å². The normalized spacial score (nSPS) is 29.7. The van der Waals surface area contributed by atoms with Crippen molar-refractivity contribution in [3.63, 3.8) is 0 Å². The van der Waals surface area contributed by atoms with Gasteiger partial charge in [0, 0.05) is 5.02 Å². The molecule has 2 bridgehead atoms. The predicted molar refractivity (Wildman–Crippen MR) is 102 cm³/mol. The topological polar surface area (TPSA) is 78.5 Å². The number of imide groups is 1. The quantitative estimate of drug-likeness (QED) is 0.592. The van der Waals surface area contributed by atoms with Gasteiger partial charge in [0.15, 0.2) is 0 Å². The van der Waals surface area contributed by atoms with Crippen LogP contribution in [0.1, 0.15) is 19.8 Å². The summed E-state index contributed by atoms with van der Waals surface area (Å²) in [6.07, 6.45) is 5.26. The minimum atomic E-state index is -0.749. The van der Waals surface area contributed by atoms with Crippen LogP contribution < -0.4 is 10.6 Å². The third-order valence-corrected chi connectivity index (χ3v) is 6.25. The van der Waals surface area contributed by atoms with E-state index in [9.17, 15) is 14.4 Å². The summed E-state index contributed by atoms with van der Waals surface area (Å²) in [7, 11) is 0. The Bertz CT molecular complexity index is 825. The number of rotatable bonds is 3. The van der Waals surface area contributed by atoms with Gasteiger partial charge in [-0.15, -0.1) is 0 Å². The van der Waals surface area contributed by atoms with Crippen molar-refractivity contribution in [3.8, 4) is 0 Å². The van der Waals surface area contributed by atoms with Crippen molar-refractivity contribution in [3.05, 3.63) is 40.4 Å². The molecule has 8 heteroatoms. The molecule has 4 amide bonds. The number of hydrogen-bond donors (Lipinski definition) is 2. The van der Waals surface area contributed by atoms with Crippen LogP contribution in [-0.2, 0) is 9.59 Å². The van der Waals surface area contributed by atoms with Crippen LogP contribution in [0.3, 0.4) is 0 Å². The molecule has 0 spiro atoms. The standard InChI is InChI=1S/C19H19Cl2N3O3/c1-9(22-19(27)23-14-7-6-12(20)8-13(14)21)24-17(25)15-10-2-3-11(5-4-10)16(15)18(24)26/h2-3,6-11,15-16H,4-5H2,1H3,(H2,22,23,27)/t9-,10+,11+,15-,16+/m1/s1. The molecule has 2 N–H and O–H groups in total. The minimum absolute atomic E-state index is 0.121. The first-order valence-electron chi connectivity index (χ1n) is 8.94. The number of benzene rings is 1. The Hall–Kier alpha value is -2.05. The molecule has 1 aromatic rings. The molecule has 5 atom stereocenters. The van der Waals surface area contributed by atoms with Gasteiger partial charge in [0.25, 0.3) is 0 Å². The molecule has 1 aromatic carbocycles. The van der Waals surface area contributed by atoms with Crippen LogP contribution in [-0.4, -0.2) is 28.9 Å². The zero-order valence-electron chi connectivity index (χ0n) is 14.6. The molecule has 3 aliphatic carbocycles. The van der Waals surface area contributed by atoms with E-state index < -0.39 is 12.2 Å². The van der Waals surface area contributed by atoms with Crippen molar-refractivity contribution in [2.75, 3.05) is 5.32 Å². The van der Waals surface area contributed by atoms with E-state index in [1.54, 1.807) is 19.1 Å². The molecule has 27 heavy (non-hydrogen) atoms. The number of likely N-dealkylation sites (tertiary alicyclic amines) is 1. The van der Waals surface area contributed by atoms with Gasteiger partial charge in [0.2, 0.25) is 11.8 Å². The Balaban J connectivity index is 1.45. The van der Waals surface area contributed by atoms with Crippen LogP contribution in [0.25, 0.3) is 0 Å². The number of urea groups is 1. The highest BCUT2D eigenvalue weighted by atomic mass is 35.5. The van der Waals surface area contributed by atoms with Crippen LogP contribution in [0.4, 0.5) is 10.5 Å². The molecule has 0 aromatic heterocycles. The lowest BCUT2D eigenvalue weighted by Crippen LogP contribution is -2.50. The van der Waals surface area contributed by atoms with Crippen molar-refractivity contribution in [2.45, 2.75) is 25.9 Å². The maximum Gasteiger partial charge on any atom is 0.320 e. The highest BCUT2D eigenvalue weighted by Crippen LogP contribution is 2.49. The fraction of sp³-hybridized carbons (Fsp3) is 0.421. The Kier molecular flexibility index (Phi) is 4.64. The summed E-state index contributed by atoms with van der Waals surface area (Å²) in [5.74, 6) is -0.730. The molecule has 4 aliphatic rings. The molecule has 1 saturated heterocycles. The maximum atomic E-state index is 12.9. The summed E-state index contributed by atoms with van der Waals surface area (Å²) in [4.78, 5) is 39.3. The van der Waals surface area contributed by atoms with Gasteiger partial charge < -0.3 is 10.6 Å². The third kappa shape index (κ3) is 3.11. The number of fused-ring (bicyclic) bond motifs is 1. The predicted octanol–water partition coefficient (Wildman–Crippen LogP) is 3.66. The molecule has 5 rings (SSSR count). The van der Waals surface area contributed by atoms with Gasteiger partial charge in [-0.05, 0) is 49.8 Å². The largest absolute Gasteiger partial charge is 0.320 e. The van der Waals surface area contributed by atoms with Gasteiger partial charge in [-0.3, -0.25) is 14.5 Å². The van der Waals surface area contributed by atoms with Crippen molar-refractivity contribution >= 4 is 46.7 Å². The van der Waals surface area contributed by atoms with Gasteiger partial charge in [0.05, 0.1) is 22.5 Å². The first-order valence-corrected chi connectivity index (χ1v) is 9.70. The average molecular weight is 408 g/mol. The molecule has 0 radical (unpaired) electrons. The van der Waals surface area contributed by atoms with Crippen LogP contribution >= 0.6 is 23.2 Å². The van der Waals surface area contributed by atoms with Gasteiger partial charge in [-0.25, -0.2) is 4.79 Å². The minimum Gasteiger partial charge on any atom is -0.317 e. The molecule has 142 valence electrons. The van der Waals surface area contributed by atoms with Crippen LogP contribution in [0, 0.1) is 23.7 Å². The molecule has 6 nitrogen and oxygen atoms in total. The van der Waals surface area contributed by atoms with E-state index in [2.05, 4.69) is 22.8 Å². The number of allylic oxidation sites excluding steroid dienone is 2. The molecule has 1 heterocycles. The fourth-order valence-electron chi connectivity index (χ4n) is 4.48. The van der Waals surface area contributed by atoms with E-state index in [-0.39, 0.29) is 35.5 Å². The number of carbonyl (C=O) groups excluding carboxylic acids is 3. The van der Waals surface area contributed by atoms with Gasteiger partial charge in [-0.2, -0.15) is 0 Å². The fourth-order valence-corrected chi connectivity index (χ4v) is 4.94. The van der Waals surface area contributed by atoms with E-state index in [0.717, 1.165) is 12.8 Å². The number of nitrogens with one attached hydrogen (secondary N) is 2. The number of halogens is 2. The Morgan fingerprint density at radius 1 is 1.11 bits per heavy atom. The van der Waals surface area contributed by atoms with E-state index >= 15 is 0 Å². The summed E-state index contributed by atoms with van der Waals surface area (Å²) in [5.41, 5.74) is 0.390. The smallest absolute Gasteiger partial charge is 0.317 e. The van der Waals surface area contributed by atoms with Crippen molar-refractivity contribution in [1.82, 2.24) is 10.2 Å². The van der Waals surface area contributed by atoms with Crippen LogP contribution in [0.5, 0.6) is 0 Å². The summed E-state index contributed by atoms with van der Waals surface area (Å²) < 4.78 is 0. The van der Waals surface area contributed by atoms with Crippen LogP contribution in [0.2, 0.25) is 10.0 Å². The van der Waals surface area contributed by atoms with Gasteiger partial charge in [-0.1, -0.05) is 35.4 Å². The monoisotopic (exact) mass is 407 g/mol. The Morgan fingerprint density at radius 2 is 1.70 bits per heavy atom. The van der Waals surface area contributed by atoms with E-state index in [0.29, 0.717) is 15.7 Å².